The summed E-state index contributed by atoms with van der Waals surface area (Å²) >= 11 is 0. The monoisotopic (exact) mass is 189 g/mol. The fourth-order valence-electron chi connectivity index (χ4n) is 0.880. The van der Waals surface area contributed by atoms with Gasteiger partial charge in [-0.1, -0.05) is 6.07 Å². The minimum atomic E-state index is -2.96. The quantitative estimate of drug-likeness (QED) is 0.551. The summed E-state index contributed by atoms with van der Waals surface area (Å²) in [5.74, 6) is -0.751. The molecule has 1 rings (SSSR count). The normalized spacial score (nSPS) is 10.5. The van der Waals surface area contributed by atoms with E-state index in [-0.39, 0.29) is 11.4 Å². The molecule has 0 bridgehead atoms. The van der Waals surface area contributed by atoms with Crippen molar-refractivity contribution in [3.8, 4) is 11.5 Å². The summed E-state index contributed by atoms with van der Waals surface area (Å²) in [4.78, 5) is 0. The molecule has 0 heterocycles. The second-order valence-corrected chi connectivity index (χ2v) is 2.52. The van der Waals surface area contributed by atoms with E-state index in [0.29, 0.717) is 5.56 Å². The Balaban J connectivity index is 3.04. The molecule has 1 aromatic carbocycles. The molecule has 5 heteroatoms. The zero-order chi connectivity index (χ0) is 10.0. The number of rotatable bonds is 2. The number of aromatic hydroxyl groups is 1. The van der Waals surface area contributed by atoms with Gasteiger partial charge in [0.25, 0.3) is 0 Å². The van der Waals surface area contributed by atoms with Crippen molar-refractivity contribution in [2.75, 3.05) is 5.73 Å². The van der Waals surface area contributed by atoms with Gasteiger partial charge in [0.2, 0.25) is 0 Å². The van der Waals surface area contributed by atoms with E-state index < -0.39 is 12.4 Å². The van der Waals surface area contributed by atoms with E-state index in [1.165, 1.54) is 12.1 Å². The molecule has 0 unspecified atom stereocenters. The highest BCUT2D eigenvalue weighted by molar-refractivity contribution is 5.63. The van der Waals surface area contributed by atoms with Crippen LogP contribution >= 0.6 is 0 Å². The lowest BCUT2D eigenvalue weighted by molar-refractivity contribution is -0.0511. The smallest absolute Gasteiger partial charge is 0.387 e. The number of nitrogen functional groups attached to an aromatic ring is 1. The predicted octanol–water partition coefficient (Wildman–Crippen LogP) is 1.88. The first-order chi connectivity index (χ1) is 6.02. The first-order valence-electron chi connectivity index (χ1n) is 3.55. The minimum Gasteiger partial charge on any atom is -0.503 e. The Morgan fingerprint density at radius 1 is 1.46 bits per heavy atom. The first-order valence-corrected chi connectivity index (χ1v) is 3.55. The number of halogens is 2. The molecule has 0 aliphatic heterocycles. The number of phenols is 1. The Hall–Kier alpha value is -1.52. The van der Waals surface area contributed by atoms with Gasteiger partial charge in [0, 0.05) is 0 Å². The molecule has 0 radical (unpaired) electrons. The van der Waals surface area contributed by atoms with Crippen LogP contribution in [0.2, 0.25) is 0 Å². The van der Waals surface area contributed by atoms with Crippen LogP contribution in [0.25, 0.3) is 0 Å². The molecule has 0 spiro atoms. The maximum absolute atomic E-state index is 11.8. The van der Waals surface area contributed by atoms with E-state index in [1.807, 2.05) is 0 Å². The highest BCUT2D eigenvalue weighted by Gasteiger charge is 2.12. The van der Waals surface area contributed by atoms with Gasteiger partial charge in [0.1, 0.15) is 0 Å². The summed E-state index contributed by atoms with van der Waals surface area (Å²) in [6.45, 7) is -1.31. The largest absolute Gasteiger partial charge is 0.503 e. The van der Waals surface area contributed by atoms with Crippen molar-refractivity contribution in [2.45, 2.75) is 13.5 Å². The number of ether oxygens (including phenoxy) is 1. The van der Waals surface area contributed by atoms with Crippen LogP contribution in [0.15, 0.2) is 12.1 Å². The van der Waals surface area contributed by atoms with Crippen LogP contribution < -0.4 is 10.5 Å². The van der Waals surface area contributed by atoms with Crippen molar-refractivity contribution < 1.29 is 18.6 Å². The Morgan fingerprint density at radius 2 is 2.08 bits per heavy atom. The Labute approximate surface area is 73.7 Å². The summed E-state index contributed by atoms with van der Waals surface area (Å²) in [6.07, 6.45) is 0. The number of alkyl halides is 2. The van der Waals surface area contributed by atoms with Gasteiger partial charge in [-0.2, -0.15) is 8.78 Å². The molecular formula is C8H9F2NO2. The highest BCUT2D eigenvalue weighted by atomic mass is 19.3. The lowest BCUT2D eigenvalue weighted by Gasteiger charge is -2.09. The van der Waals surface area contributed by atoms with E-state index in [4.69, 9.17) is 5.73 Å². The molecule has 72 valence electrons. The van der Waals surface area contributed by atoms with Crippen molar-refractivity contribution in [3.63, 3.8) is 0 Å². The molecule has 0 saturated carbocycles. The molecule has 3 N–H and O–H groups in total. The summed E-state index contributed by atoms with van der Waals surface area (Å²) in [5.41, 5.74) is 6.05. The van der Waals surface area contributed by atoms with Gasteiger partial charge in [-0.3, -0.25) is 0 Å². The molecule has 0 aliphatic rings. The number of phenolic OH excluding ortho intramolecular Hbond substituents is 1. The van der Waals surface area contributed by atoms with Crippen LogP contribution in [0.4, 0.5) is 14.5 Å². The van der Waals surface area contributed by atoms with E-state index >= 15 is 0 Å². The third-order valence-corrected chi connectivity index (χ3v) is 1.61. The zero-order valence-corrected chi connectivity index (χ0v) is 6.92. The third-order valence-electron chi connectivity index (χ3n) is 1.61. The number of anilines is 1. The maximum Gasteiger partial charge on any atom is 0.387 e. The second kappa shape index (κ2) is 3.47. The van der Waals surface area contributed by atoms with Crippen molar-refractivity contribution in [1.82, 2.24) is 0 Å². The molecule has 13 heavy (non-hydrogen) atoms. The summed E-state index contributed by atoms with van der Waals surface area (Å²) < 4.78 is 27.5. The number of hydrogen-bond acceptors (Lipinski definition) is 3. The van der Waals surface area contributed by atoms with Crippen LogP contribution in [0.5, 0.6) is 11.5 Å². The molecule has 0 amide bonds. The summed E-state index contributed by atoms with van der Waals surface area (Å²) in [5, 5.41) is 9.24. The van der Waals surface area contributed by atoms with Gasteiger partial charge in [-0.05, 0) is 18.6 Å². The SMILES string of the molecule is Cc1ccc(OC(F)F)c(O)c1N. The van der Waals surface area contributed by atoms with Gasteiger partial charge < -0.3 is 15.6 Å². The van der Waals surface area contributed by atoms with Crippen LogP contribution in [0.1, 0.15) is 5.56 Å². The molecule has 0 aliphatic carbocycles. The van der Waals surface area contributed by atoms with Crippen molar-refractivity contribution in [2.24, 2.45) is 0 Å². The Kier molecular flexibility index (Phi) is 2.55. The van der Waals surface area contributed by atoms with E-state index in [2.05, 4.69) is 4.74 Å². The van der Waals surface area contributed by atoms with E-state index in [9.17, 15) is 13.9 Å². The van der Waals surface area contributed by atoms with Crippen molar-refractivity contribution >= 4 is 5.69 Å². The fraction of sp³-hybridized carbons (Fsp3) is 0.250. The molecular weight excluding hydrogens is 180 g/mol. The molecule has 1 aromatic rings. The van der Waals surface area contributed by atoms with Gasteiger partial charge >= 0.3 is 6.61 Å². The molecule has 0 atom stereocenters. The maximum atomic E-state index is 11.8. The topological polar surface area (TPSA) is 55.5 Å². The molecule has 0 aromatic heterocycles. The van der Waals surface area contributed by atoms with Crippen LogP contribution in [-0.2, 0) is 0 Å². The fourth-order valence-corrected chi connectivity index (χ4v) is 0.880. The van der Waals surface area contributed by atoms with E-state index in [0.717, 1.165) is 0 Å². The lowest BCUT2D eigenvalue weighted by atomic mass is 10.2. The molecule has 0 fully saturated rings. The summed E-state index contributed by atoms with van der Waals surface area (Å²) in [7, 11) is 0. The Morgan fingerprint density at radius 3 is 2.62 bits per heavy atom. The number of hydrogen-bond donors (Lipinski definition) is 2. The Bertz CT molecular complexity index is 315. The van der Waals surface area contributed by atoms with Gasteiger partial charge in [-0.25, -0.2) is 0 Å². The van der Waals surface area contributed by atoms with E-state index in [1.54, 1.807) is 6.92 Å². The highest BCUT2D eigenvalue weighted by Crippen LogP contribution is 2.34. The van der Waals surface area contributed by atoms with Crippen molar-refractivity contribution in [1.29, 1.82) is 0 Å². The summed E-state index contributed by atoms with van der Waals surface area (Å²) in [6, 6.07) is 2.74. The lowest BCUT2D eigenvalue weighted by Crippen LogP contribution is -2.03. The van der Waals surface area contributed by atoms with Gasteiger partial charge in [0.05, 0.1) is 5.69 Å². The second-order valence-electron chi connectivity index (χ2n) is 2.52. The van der Waals surface area contributed by atoms with Gasteiger partial charge in [0.15, 0.2) is 11.5 Å². The van der Waals surface area contributed by atoms with Crippen LogP contribution in [0, 0.1) is 6.92 Å². The number of aryl methyl sites for hydroxylation is 1. The van der Waals surface area contributed by atoms with Crippen molar-refractivity contribution in [3.05, 3.63) is 17.7 Å². The standard InChI is InChI=1S/C8H9F2NO2/c1-4-2-3-5(13-8(9)10)7(12)6(4)11/h2-3,8,12H,11H2,1H3. The van der Waals surface area contributed by atoms with Crippen LogP contribution in [0.3, 0.4) is 0 Å². The third kappa shape index (κ3) is 1.99. The molecule has 3 nitrogen and oxygen atoms in total. The number of nitrogens with two attached hydrogens (primary N) is 1. The average Bonchev–Trinajstić information content (AvgIpc) is 2.06. The zero-order valence-electron chi connectivity index (χ0n) is 6.92. The minimum absolute atomic E-state index is 0.0538. The average molecular weight is 189 g/mol. The molecule has 0 saturated heterocycles. The van der Waals surface area contributed by atoms with Gasteiger partial charge in [-0.15, -0.1) is 0 Å². The first kappa shape index (κ1) is 9.57. The predicted molar refractivity (Wildman–Crippen MR) is 43.9 cm³/mol. The van der Waals surface area contributed by atoms with Crippen LogP contribution in [-0.4, -0.2) is 11.7 Å². The number of benzene rings is 1.